The molecule has 0 bridgehead atoms. The first-order chi connectivity index (χ1) is 10.6. The lowest BCUT2D eigenvalue weighted by molar-refractivity contribution is 0.186. The highest BCUT2D eigenvalue weighted by molar-refractivity contribution is 8.13. The highest BCUT2D eigenvalue weighted by atomic mass is 35.5. The number of benzene rings is 1. The maximum absolute atomic E-state index is 8.72. The zero-order chi connectivity index (χ0) is 16.1. The van der Waals surface area contributed by atoms with E-state index in [1.807, 2.05) is 31.5 Å². The fraction of sp³-hybridized carbons (Fsp3) is 0.267. The van der Waals surface area contributed by atoms with Gasteiger partial charge in [0.2, 0.25) is 0 Å². The molecule has 0 atom stereocenters. The van der Waals surface area contributed by atoms with E-state index in [9.17, 15) is 0 Å². The minimum atomic E-state index is 0.415. The third-order valence-electron chi connectivity index (χ3n) is 3.06. The molecule has 0 aliphatic heterocycles. The van der Waals surface area contributed by atoms with Crippen molar-refractivity contribution in [3.63, 3.8) is 0 Å². The van der Waals surface area contributed by atoms with E-state index in [4.69, 9.17) is 21.6 Å². The van der Waals surface area contributed by atoms with Crippen molar-refractivity contribution in [2.24, 2.45) is 4.99 Å². The minimum Gasteiger partial charge on any atom is -0.380 e. The summed E-state index contributed by atoms with van der Waals surface area (Å²) in [5, 5.41) is 13.2. The van der Waals surface area contributed by atoms with Gasteiger partial charge in [0, 0.05) is 12.5 Å². The maximum atomic E-state index is 8.72. The van der Waals surface area contributed by atoms with Gasteiger partial charge in [-0.3, -0.25) is 5.32 Å². The lowest BCUT2D eigenvalue weighted by Gasteiger charge is -2.10. The molecule has 0 fully saturated rings. The van der Waals surface area contributed by atoms with Crippen molar-refractivity contribution in [2.45, 2.75) is 13.5 Å². The second-order valence-corrected chi connectivity index (χ2v) is 5.73. The van der Waals surface area contributed by atoms with Crippen molar-refractivity contribution in [1.82, 2.24) is 10.3 Å². The van der Waals surface area contributed by atoms with Gasteiger partial charge in [-0.15, -0.1) is 0 Å². The number of ether oxygens (including phenoxy) is 1. The molecule has 2 aromatic rings. The monoisotopic (exact) mass is 334 g/mol. The number of fused-ring (bicyclic) bond motifs is 1. The van der Waals surface area contributed by atoms with Crippen LogP contribution in [0.1, 0.15) is 11.1 Å². The molecule has 1 heterocycles. The van der Waals surface area contributed by atoms with E-state index in [0.29, 0.717) is 16.9 Å². The van der Waals surface area contributed by atoms with E-state index in [-0.39, 0.29) is 0 Å². The largest absolute Gasteiger partial charge is 0.380 e. The number of thioether (sulfide) groups is 1. The fourth-order valence-electron chi connectivity index (χ4n) is 2.08. The number of nitrogens with zero attached hydrogens (tertiary/aromatic N) is 3. The number of rotatable bonds is 3. The van der Waals surface area contributed by atoms with Gasteiger partial charge in [0.15, 0.2) is 11.4 Å². The quantitative estimate of drug-likeness (QED) is 0.304. The van der Waals surface area contributed by atoms with Gasteiger partial charge in [0.25, 0.3) is 0 Å². The van der Waals surface area contributed by atoms with Crippen LogP contribution >= 0.6 is 23.4 Å². The van der Waals surface area contributed by atoms with Crippen LogP contribution in [-0.4, -0.2) is 23.5 Å². The Morgan fingerprint density at radius 1 is 1.50 bits per heavy atom. The molecule has 0 aliphatic carbocycles. The first kappa shape index (κ1) is 16.6. The number of pyridine rings is 1. The molecule has 114 valence electrons. The summed E-state index contributed by atoms with van der Waals surface area (Å²) >= 11 is 7.44. The molecule has 0 aliphatic rings. The standard InChI is InChI=1S/C15H15ClN4OS/c1-9-4-11-10(7-21-2)5-14(16)19-13(11)6-12(9)20-15(22-3)18-8-17/h4-6H,7H2,1-3H3,(H,18,20). The molecule has 1 N–H and O–H groups in total. The van der Waals surface area contributed by atoms with E-state index in [1.165, 1.54) is 11.8 Å². The number of hydrogen-bond acceptors (Lipinski definition) is 5. The van der Waals surface area contributed by atoms with Crippen molar-refractivity contribution in [3.05, 3.63) is 34.5 Å². The molecule has 7 heteroatoms. The molecule has 1 aromatic carbocycles. The van der Waals surface area contributed by atoms with Gasteiger partial charge in [-0.1, -0.05) is 23.4 Å². The Labute approximate surface area is 138 Å². The second-order valence-electron chi connectivity index (χ2n) is 4.55. The predicted molar refractivity (Wildman–Crippen MR) is 91.6 cm³/mol. The van der Waals surface area contributed by atoms with Crippen LogP contribution in [0.5, 0.6) is 0 Å². The fourth-order valence-corrected chi connectivity index (χ4v) is 2.64. The molecule has 1 aromatic heterocycles. The molecule has 5 nitrogen and oxygen atoms in total. The van der Waals surface area contributed by atoms with E-state index in [1.54, 1.807) is 13.2 Å². The van der Waals surface area contributed by atoms with Gasteiger partial charge in [-0.25, -0.2) is 9.98 Å². The van der Waals surface area contributed by atoms with Gasteiger partial charge < -0.3 is 4.74 Å². The van der Waals surface area contributed by atoms with E-state index in [2.05, 4.69) is 15.3 Å². The topological polar surface area (TPSA) is 70.3 Å². The van der Waals surface area contributed by atoms with Crippen LogP contribution < -0.4 is 5.32 Å². The lowest BCUT2D eigenvalue weighted by atomic mass is 10.1. The molecule has 0 unspecified atom stereocenters. The highest BCUT2D eigenvalue weighted by Gasteiger charge is 2.09. The van der Waals surface area contributed by atoms with Gasteiger partial charge in [0.1, 0.15) is 5.15 Å². The number of hydrogen-bond donors (Lipinski definition) is 1. The summed E-state index contributed by atoms with van der Waals surface area (Å²) in [5.74, 6) is 0. The van der Waals surface area contributed by atoms with Crippen LogP contribution in [0.4, 0.5) is 5.69 Å². The van der Waals surface area contributed by atoms with Crippen LogP contribution in [0.2, 0.25) is 5.15 Å². The maximum Gasteiger partial charge on any atom is 0.183 e. The summed E-state index contributed by atoms with van der Waals surface area (Å²) in [5.41, 5.74) is 3.47. The normalized spacial score (nSPS) is 11.5. The van der Waals surface area contributed by atoms with Crippen LogP contribution in [0.15, 0.2) is 23.2 Å². The summed E-state index contributed by atoms with van der Waals surface area (Å²) in [4.78, 5) is 8.80. The van der Waals surface area contributed by atoms with Gasteiger partial charge in [-0.05, 0) is 42.5 Å². The first-order valence-electron chi connectivity index (χ1n) is 6.45. The molecule has 2 rings (SSSR count). The Balaban J connectivity index is 2.60. The second kappa shape index (κ2) is 7.45. The lowest BCUT2D eigenvalue weighted by Crippen LogP contribution is -2.12. The summed E-state index contributed by atoms with van der Waals surface area (Å²) in [7, 11) is 1.64. The Morgan fingerprint density at radius 3 is 2.91 bits per heavy atom. The van der Waals surface area contributed by atoms with Crippen molar-refractivity contribution in [3.8, 4) is 6.19 Å². The highest BCUT2D eigenvalue weighted by Crippen LogP contribution is 2.29. The SMILES string of the molecule is COCc1cc(Cl)nc2cc(N=C(NC#N)SC)c(C)cc12. The molecular formula is C15H15ClN4OS. The smallest absolute Gasteiger partial charge is 0.183 e. The van der Waals surface area contributed by atoms with Crippen LogP contribution in [0.3, 0.4) is 0 Å². The van der Waals surface area contributed by atoms with E-state index in [0.717, 1.165) is 27.7 Å². The zero-order valence-electron chi connectivity index (χ0n) is 12.5. The minimum absolute atomic E-state index is 0.415. The number of methoxy groups -OCH3 is 1. The Morgan fingerprint density at radius 2 is 2.27 bits per heavy atom. The molecule has 0 saturated carbocycles. The number of nitrogens with one attached hydrogen (secondary N) is 1. The molecular weight excluding hydrogens is 320 g/mol. The Hall–Kier alpha value is -1.81. The van der Waals surface area contributed by atoms with Crippen LogP contribution in [0, 0.1) is 18.4 Å². The van der Waals surface area contributed by atoms with Crippen LogP contribution in [-0.2, 0) is 11.3 Å². The number of aryl methyl sites for hydroxylation is 1. The zero-order valence-corrected chi connectivity index (χ0v) is 14.0. The summed E-state index contributed by atoms with van der Waals surface area (Å²) in [6, 6.07) is 5.68. The Kier molecular flexibility index (Phi) is 5.61. The summed E-state index contributed by atoms with van der Waals surface area (Å²) in [6.07, 6.45) is 3.73. The number of aliphatic imine (C=N–C) groups is 1. The predicted octanol–water partition coefficient (Wildman–Crippen LogP) is 3.76. The third kappa shape index (κ3) is 3.69. The van der Waals surface area contributed by atoms with Gasteiger partial charge >= 0.3 is 0 Å². The van der Waals surface area contributed by atoms with Crippen molar-refractivity contribution < 1.29 is 4.74 Å². The summed E-state index contributed by atoms with van der Waals surface area (Å²) < 4.78 is 5.21. The van der Waals surface area contributed by atoms with Crippen molar-refractivity contribution in [1.29, 1.82) is 5.26 Å². The van der Waals surface area contributed by atoms with Crippen molar-refractivity contribution in [2.75, 3.05) is 13.4 Å². The molecule has 0 spiro atoms. The van der Waals surface area contributed by atoms with Crippen molar-refractivity contribution >= 4 is 45.1 Å². The Bertz CT molecular complexity index is 770. The number of amidine groups is 1. The average Bonchev–Trinajstić information content (AvgIpc) is 2.48. The average molecular weight is 335 g/mol. The number of nitriles is 1. The van der Waals surface area contributed by atoms with Crippen LogP contribution in [0.25, 0.3) is 10.9 Å². The first-order valence-corrected chi connectivity index (χ1v) is 8.05. The third-order valence-corrected chi connectivity index (χ3v) is 3.83. The van der Waals surface area contributed by atoms with Gasteiger partial charge in [-0.2, -0.15) is 5.26 Å². The number of halogens is 1. The van der Waals surface area contributed by atoms with E-state index >= 15 is 0 Å². The number of aromatic nitrogens is 1. The molecule has 0 saturated heterocycles. The molecule has 22 heavy (non-hydrogen) atoms. The molecule has 0 radical (unpaired) electrons. The van der Waals surface area contributed by atoms with E-state index < -0.39 is 0 Å². The van der Waals surface area contributed by atoms with Gasteiger partial charge in [0.05, 0.1) is 17.8 Å². The molecule has 0 amide bonds. The summed E-state index contributed by atoms with van der Waals surface area (Å²) in [6.45, 7) is 2.43.